The van der Waals surface area contributed by atoms with Crippen molar-refractivity contribution in [2.24, 2.45) is 28.9 Å². The number of Topliss-reactive ketones (excluding diaryl/α,β-unsaturated/α-hetero) is 2. The standard InChI is InChI=1S/C28H44N2O15.C21H30N2O12.C21H34N2O11.C17H30N2O8.C4H4O3.CH3F/c1-15-20(14-43-17(3)32)45-24(22(30-16(2)31)23(15)44-18(4)33)42-12-11-41-10-9-29-21(35)8-7-19(34)13-27(5,25(36)37)28(6,40)26(38)39;1-11(25)23-17-19(30)18(29)14(10-24)34-21(17)33-7-6-32-5-4-22-15(27)3-2-13(26)8-12-9-16(28)35-20(12)31;1-12-16(11-32-14(3)25)34-21(19(23-13(2)24)20(12)33-15(4)26)31-10-9-30-8-7-22-17(27)5-6-18(28)29;1-10-14(9-25-12(3)21)27-17(24-8-7-23-6-5-18)15(19-11(2)20)16(10)26-13(4)22;5-3-1-2-4(6)7-3;1-2/h15,20,22-24,40H,7-14H2,1-6H3,(H,29,35)(H,30,31)(H,36,37)(H,38,39);9,14,17-19,21,24,29-30H,2-8,10H2,1H3,(H,22,27)(H,23,25);12,16,19-21H,5-11H2,1-4H3,(H,22,27)(H,23,24)(H,28,29);10,14-17H,5-9,18H2,1-4H3,(H,19,20);1-2H2;1H3/i;;;;;1D. The highest BCUT2D eigenvalue weighted by Crippen LogP contribution is 2.38. The van der Waals surface area contributed by atoms with E-state index in [2.05, 4.69) is 46.7 Å². The third-order valence-corrected chi connectivity index (χ3v) is 22.0. The molecule has 0 aromatic rings. The molecule has 22 unspecified atom stereocenters. The second-order valence-corrected chi connectivity index (χ2v) is 34.3. The van der Waals surface area contributed by atoms with Crippen LogP contribution in [-0.4, -0.2) is 415 Å². The number of carbonyl (C=O) groups excluding carboxylic acids is 19. The first-order chi connectivity index (χ1) is 70.9. The van der Waals surface area contributed by atoms with Crippen LogP contribution in [0.1, 0.15) is 169 Å². The number of alkyl halides is 1. The van der Waals surface area contributed by atoms with Crippen molar-refractivity contribution in [3.05, 3.63) is 11.6 Å². The number of ether oxygens (including phenoxy) is 20. The first kappa shape index (κ1) is 134. The van der Waals surface area contributed by atoms with Crippen molar-refractivity contribution in [3.63, 3.8) is 0 Å². The number of nitrogens with two attached hydrogens (primary N) is 1. The van der Waals surface area contributed by atoms with Crippen LogP contribution in [0, 0.1) is 23.2 Å². The van der Waals surface area contributed by atoms with Crippen LogP contribution in [0.15, 0.2) is 11.6 Å². The Morgan fingerprint density at radius 3 is 1.03 bits per heavy atom. The Bertz CT molecular complexity index is 4440. The number of hydrogen-bond acceptors (Lipinski definition) is 47. The molecule has 16 N–H and O–H groups in total. The number of carboxylic acids is 3. The Morgan fingerprint density at radius 1 is 0.433 bits per heavy atom. The predicted molar refractivity (Wildman–Crippen MR) is 499 cm³/mol. The molecule has 5 saturated heterocycles. The summed E-state index contributed by atoms with van der Waals surface area (Å²) in [5.41, 5.74) is 0.295. The lowest BCUT2D eigenvalue weighted by atomic mass is 9.70. The number of esters is 10. The number of cyclic esters (lactones) is 4. The van der Waals surface area contributed by atoms with Gasteiger partial charge in [0.25, 0.3) is 0 Å². The van der Waals surface area contributed by atoms with Gasteiger partial charge < -0.3 is 173 Å². The molecule has 854 valence electrons. The molecule has 0 saturated carbocycles. The van der Waals surface area contributed by atoms with E-state index in [1.54, 1.807) is 20.8 Å². The number of aliphatic carboxylic acids is 3. The number of aliphatic hydroxyl groups excluding tert-OH is 3. The van der Waals surface area contributed by atoms with Gasteiger partial charge in [-0.05, 0) is 13.8 Å². The summed E-state index contributed by atoms with van der Waals surface area (Å²) < 4.78 is 123. The Hall–Kier alpha value is -11.9. The summed E-state index contributed by atoms with van der Waals surface area (Å²) in [4.78, 5) is 251. The molecule has 58 heteroatoms. The van der Waals surface area contributed by atoms with E-state index in [1.165, 1.54) is 69.2 Å². The molecule has 0 aromatic carbocycles. The third kappa shape index (κ3) is 53.2. The van der Waals surface area contributed by atoms with Crippen molar-refractivity contribution < 1.29 is 242 Å². The molecule has 6 heterocycles. The van der Waals surface area contributed by atoms with Gasteiger partial charge in [-0.3, -0.25) is 95.5 Å². The molecule has 6 rings (SSSR count). The van der Waals surface area contributed by atoms with Gasteiger partial charge in [0, 0.05) is 164 Å². The van der Waals surface area contributed by atoms with Crippen LogP contribution in [0.4, 0.5) is 4.39 Å². The molecular weight excluding hydrogens is 2020 g/mol. The zero-order valence-corrected chi connectivity index (χ0v) is 86.3. The van der Waals surface area contributed by atoms with Crippen LogP contribution in [0.25, 0.3) is 0 Å². The van der Waals surface area contributed by atoms with E-state index >= 15 is 0 Å². The molecule has 150 heavy (non-hydrogen) atoms. The van der Waals surface area contributed by atoms with Crippen molar-refractivity contribution in [2.75, 3.05) is 139 Å². The minimum Gasteiger partial charge on any atom is -0.481 e. The molecule has 0 spiro atoms. The summed E-state index contributed by atoms with van der Waals surface area (Å²) >= 11 is 0. The molecule has 6 aliphatic rings. The molecule has 5 fully saturated rings. The van der Waals surface area contributed by atoms with Crippen molar-refractivity contribution in [3.8, 4) is 0 Å². The van der Waals surface area contributed by atoms with Gasteiger partial charge in [-0.1, -0.05) is 20.8 Å². The number of nitrogens with one attached hydrogen (secondary N) is 7. The molecule has 0 aromatic heterocycles. The molecule has 7 amide bonds. The Kier molecular flexibility index (Phi) is 64.9. The highest BCUT2D eigenvalue weighted by molar-refractivity contribution is 6.11. The van der Waals surface area contributed by atoms with Gasteiger partial charge in [0.05, 0.1) is 119 Å². The van der Waals surface area contributed by atoms with Gasteiger partial charge in [-0.2, -0.15) is 0 Å². The number of amides is 7. The van der Waals surface area contributed by atoms with E-state index < -0.39 is 254 Å². The van der Waals surface area contributed by atoms with E-state index in [9.17, 15) is 141 Å². The fraction of sp³-hybridized carbons (Fsp3) is 0.739. The number of halogens is 1. The molecule has 0 bridgehead atoms. The van der Waals surface area contributed by atoms with E-state index in [-0.39, 0.29) is 205 Å². The van der Waals surface area contributed by atoms with Crippen LogP contribution < -0.4 is 43.0 Å². The fourth-order valence-corrected chi connectivity index (χ4v) is 14.3. The summed E-state index contributed by atoms with van der Waals surface area (Å²) in [5, 5.41) is 84.9. The number of hydrogen-bond donors (Lipinski definition) is 15. The lowest BCUT2D eigenvalue weighted by Gasteiger charge is -2.44. The normalized spacial score (nSPS) is 24.8. The highest BCUT2D eigenvalue weighted by atomic mass is 19.1. The first-order valence-corrected chi connectivity index (χ1v) is 47.3. The second kappa shape index (κ2) is 72.6. The number of rotatable bonds is 57. The Morgan fingerprint density at radius 2 is 0.753 bits per heavy atom. The van der Waals surface area contributed by atoms with Gasteiger partial charge in [0.1, 0.15) is 116 Å². The van der Waals surface area contributed by atoms with Crippen LogP contribution in [0.2, 0.25) is 0 Å². The van der Waals surface area contributed by atoms with Crippen molar-refractivity contribution in [1.82, 2.24) is 37.2 Å². The second-order valence-electron chi connectivity index (χ2n) is 34.3. The first-order valence-electron chi connectivity index (χ1n) is 48.0. The van der Waals surface area contributed by atoms with Crippen molar-refractivity contribution >= 4 is 131 Å². The summed E-state index contributed by atoms with van der Waals surface area (Å²) in [7, 11) is -1.00. The Balaban J connectivity index is 0.000000986. The average molecular weight is 2170 g/mol. The van der Waals surface area contributed by atoms with Crippen molar-refractivity contribution in [2.45, 2.75) is 278 Å². The van der Waals surface area contributed by atoms with Gasteiger partial charge >= 0.3 is 77.6 Å². The number of ketones is 2. The van der Waals surface area contributed by atoms with Crippen LogP contribution in [0.3, 0.4) is 0 Å². The predicted octanol–water partition coefficient (Wildman–Crippen LogP) is -4.87. The average Bonchev–Trinajstić information content (AvgIpc) is 1.21. The van der Waals surface area contributed by atoms with E-state index in [4.69, 9.17) is 97.5 Å². The minimum atomic E-state index is -2.72. The maximum absolute atomic E-state index is 12.3. The topological polar surface area (TPSA) is 812 Å². The SMILES string of the molecule is CC(=O)NC1C(OCCOCCN)OC(COC(C)=O)C(C)C1OC(C)=O.CC(=O)NC1C(OCCOCCNC(=O)CCC(=O)CC(C)(C(=O)O)C(C)(O)C(=O)O)OC(COC(C)=O)C(C)C1OC(C)=O.CC(=O)NC1C(OCCOCCNC(=O)CCC(=O)CC2=CC(=O)OC2=O)OC(CO)C(O)C1O.CC(=O)NC1C(OCCOCCNC(=O)CCC(=O)O)OC(COC(C)=O)C(C)C1OC(C)=O.O=C1CCC(=O)O1.[2H]CF. The van der Waals surface area contributed by atoms with Gasteiger partial charge in [-0.15, -0.1) is 0 Å². The highest BCUT2D eigenvalue weighted by Gasteiger charge is 2.57. The minimum absolute atomic E-state index is 0.00898. The largest absolute Gasteiger partial charge is 0.481 e. The smallest absolute Gasteiger partial charge is 0.342 e. The van der Waals surface area contributed by atoms with Crippen LogP contribution in [0.5, 0.6) is 0 Å². The van der Waals surface area contributed by atoms with Crippen LogP contribution in [-0.2, 0) is 200 Å². The third-order valence-electron chi connectivity index (χ3n) is 22.0. The van der Waals surface area contributed by atoms with E-state index in [1.807, 2.05) is 0 Å². The van der Waals surface area contributed by atoms with Crippen molar-refractivity contribution in [1.29, 1.82) is 0 Å². The maximum atomic E-state index is 12.3. The number of aliphatic hydroxyl groups is 4. The number of carboxylic acid groups (broad SMARTS) is 3. The summed E-state index contributed by atoms with van der Waals surface area (Å²) in [6.07, 6.45) is -13.1. The fourth-order valence-electron chi connectivity index (χ4n) is 14.3. The van der Waals surface area contributed by atoms with E-state index in [0.717, 1.165) is 19.9 Å². The van der Waals surface area contributed by atoms with Gasteiger partial charge in [0.2, 0.25) is 41.4 Å². The van der Waals surface area contributed by atoms with E-state index in [0.29, 0.717) is 13.2 Å². The molecule has 57 nitrogen and oxygen atoms in total. The van der Waals surface area contributed by atoms with Crippen LogP contribution >= 0.6 is 0 Å². The zero-order chi connectivity index (χ0) is 115. The summed E-state index contributed by atoms with van der Waals surface area (Å²) in [6, 6.07) is -3.45. The van der Waals surface area contributed by atoms with Gasteiger partial charge in [0.15, 0.2) is 30.8 Å². The zero-order valence-electron chi connectivity index (χ0n) is 87.3. The monoisotopic (exact) mass is 2170 g/mol. The molecule has 6 aliphatic heterocycles. The Labute approximate surface area is 863 Å². The molecule has 0 radical (unpaired) electrons. The lowest BCUT2D eigenvalue weighted by molar-refractivity contribution is -0.272. The molecule has 22 atom stereocenters. The van der Waals surface area contributed by atoms with Gasteiger partial charge in [-0.25, -0.2) is 14.4 Å². The lowest BCUT2D eigenvalue weighted by Crippen LogP contribution is -2.64. The maximum Gasteiger partial charge on any atom is 0.342 e. The summed E-state index contributed by atoms with van der Waals surface area (Å²) in [6.45, 7) is 21.2. The quantitative estimate of drug-likeness (QED) is 0.0117. The molecular formula is C92H145FN8O49. The summed E-state index contributed by atoms with van der Waals surface area (Å²) in [5.74, 6) is -15.3. The number of carbonyl (C=O) groups is 22. The molecule has 0 aliphatic carbocycles.